The van der Waals surface area contributed by atoms with E-state index >= 15 is 4.39 Å². The summed E-state index contributed by atoms with van der Waals surface area (Å²) in [4.78, 5) is 26.7. The standard InChI is InChI=1S/C22H26FNO4S/c1-14(2)24(20(25)22(23)11-9-15(3)10-12-22)17-13-18(16-7-5-4-6-8-16)29-19(17)28-21(26)27/h4-8,13-15H,9-12H2,1-3H3,(H,26,27). The Morgan fingerprint density at radius 2 is 1.86 bits per heavy atom. The number of carbonyl (C=O) groups excluding carboxylic acids is 1. The van der Waals surface area contributed by atoms with Crippen LogP contribution >= 0.6 is 11.3 Å². The van der Waals surface area contributed by atoms with Crippen LogP contribution < -0.4 is 9.64 Å². The van der Waals surface area contributed by atoms with Gasteiger partial charge in [0.25, 0.3) is 5.91 Å². The molecule has 0 bridgehead atoms. The van der Waals surface area contributed by atoms with Crippen LogP contribution in [0.3, 0.4) is 0 Å². The fourth-order valence-electron chi connectivity index (χ4n) is 3.70. The second-order valence-electron chi connectivity index (χ2n) is 7.93. The lowest BCUT2D eigenvalue weighted by molar-refractivity contribution is -0.133. The van der Waals surface area contributed by atoms with Gasteiger partial charge in [-0.2, -0.15) is 0 Å². The van der Waals surface area contributed by atoms with Crippen LogP contribution in [0, 0.1) is 5.92 Å². The molecule has 0 saturated heterocycles. The van der Waals surface area contributed by atoms with E-state index < -0.39 is 17.7 Å². The third-order valence-electron chi connectivity index (χ3n) is 5.36. The largest absolute Gasteiger partial charge is 0.512 e. The maximum Gasteiger partial charge on any atom is 0.512 e. The van der Waals surface area contributed by atoms with Gasteiger partial charge in [0.15, 0.2) is 5.67 Å². The molecule has 1 aliphatic carbocycles. The number of halogens is 1. The summed E-state index contributed by atoms with van der Waals surface area (Å²) in [7, 11) is 0. The average Bonchev–Trinajstić information content (AvgIpc) is 3.07. The molecule has 1 heterocycles. The van der Waals surface area contributed by atoms with E-state index in [9.17, 15) is 9.59 Å². The van der Waals surface area contributed by atoms with Crippen LogP contribution in [0.1, 0.15) is 46.5 Å². The van der Waals surface area contributed by atoms with Crippen molar-refractivity contribution in [2.24, 2.45) is 5.92 Å². The molecule has 156 valence electrons. The van der Waals surface area contributed by atoms with Crippen molar-refractivity contribution in [3.05, 3.63) is 36.4 Å². The normalized spacial score (nSPS) is 21.8. The van der Waals surface area contributed by atoms with Gasteiger partial charge in [0.05, 0.1) is 5.69 Å². The lowest BCUT2D eigenvalue weighted by Crippen LogP contribution is -2.50. The molecular weight excluding hydrogens is 393 g/mol. The number of carboxylic acid groups (broad SMARTS) is 1. The molecule has 29 heavy (non-hydrogen) atoms. The van der Waals surface area contributed by atoms with Gasteiger partial charge < -0.3 is 14.7 Å². The molecule has 0 unspecified atom stereocenters. The summed E-state index contributed by atoms with van der Waals surface area (Å²) >= 11 is 1.13. The molecule has 5 nitrogen and oxygen atoms in total. The molecule has 1 aromatic heterocycles. The first-order chi connectivity index (χ1) is 13.7. The number of thiophene rings is 1. The molecule has 1 fully saturated rings. The maximum atomic E-state index is 15.6. The minimum absolute atomic E-state index is 0.0752. The first-order valence-electron chi connectivity index (χ1n) is 9.84. The number of amides is 1. The van der Waals surface area contributed by atoms with Crippen LogP contribution in [-0.2, 0) is 4.79 Å². The van der Waals surface area contributed by atoms with Crippen molar-refractivity contribution in [3.8, 4) is 15.5 Å². The predicted molar refractivity (Wildman–Crippen MR) is 113 cm³/mol. The molecule has 1 saturated carbocycles. The SMILES string of the molecule is CC1CCC(F)(C(=O)N(c2cc(-c3ccccc3)sc2OC(=O)O)C(C)C)CC1. The summed E-state index contributed by atoms with van der Waals surface area (Å²) in [5.74, 6) is -0.219. The number of nitrogens with zero attached hydrogens (tertiary/aromatic N) is 1. The van der Waals surface area contributed by atoms with Gasteiger partial charge in [0.2, 0.25) is 5.06 Å². The van der Waals surface area contributed by atoms with Gasteiger partial charge in [-0.15, -0.1) is 0 Å². The molecule has 0 radical (unpaired) electrons. The summed E-state index contributed by atoms with van der Waals surface area (Å²) in [5.41, 5.74) is -0.768. The highest BCUT2D eigenvalue weighted by atomic mass is 32.1. The Hall–Kier alpha value is -2.41. The quantitative estimate of drug-likeness (QED) is 0.592. The van der Waals surface area contributed by atoms with E-state index in [1.807, 2.05) is 30.3 Å². The van der Waals surface area contributed by atoms with Gasteiger partial charge in [-0.3, -0.25) is 4.79 Å². The number of rotatable bonds is 5. The molecule has 0 aliphatic heterocycles. The van der Waals surface area contributed by atoms with E-state index in [4.69, 9.17) is 9.84 Å². The van der Waals surface area contributed by atoms with Gasteiger partial charge in [0.1, 0.15) is 0 Å². The Kier molecular flexibility index (Phi) is 6.27. The lowest BCUT2D eigenvalue weighted by Gasteiger charge is -2.37. The maximum absolute atomic E-state index is 15.6. The zero-order chi connectivity index (χ0) is 21.2. The summed E-state index contributed by atoms with van der Waals surface area (Å²) in [6.45, 7) is 5.64. The summed E-state index contributed by atoms with van der Waals surface area (Å²) in [6, 6.07) is 10.8. The number of ether oxygens (including phenoxy) is 1. The number of alkyl halides is 1. The van der Waals surface area contributed by atoms with Crippen molar-refractivity contribution >= 4 is 29.1 Å². The Bertz CT molecular complexity index is 872. The van der Waals surface area contributed by atoms with Gasteiger partial charge in [-0.25, -0.2) is 9.18 Å². The minimum Gasteiger partial charge on any atom is -0.449 e. The highest BCUT2D eigenvalue weighted by Crippen LogP contribution is 2.46. The Morgan fingerprint density at radius 3 is 2.41 bits per heavy atom. The van der Waals surface area contributed by atoms with E-state index in [1.54, 1.807) is 19.9 Å². The third kappa shape index (κ3) is 4.61. The molecule has 1 N–H and O–H groups in total. The Balaban J connectivity index is 2.03. The molecule has 3 rings (SSSR count). The van der Waals surface area contributed by atoms with Crippen LogP contribution in [0.15, 0.2) is 36.4 Å². The van der Waals surface area contributed by atoms with E-state index in [1.165, 1.54) is 4.90 Å². The average molecular weight is 420 g/mol. The summed E-state index contributed by atoms with van der Waals surface area (Å²) < 4.78 is 20.6. The number of hydrogen-bond acceptors (Lipinski definition) is 4. The molecule has 1 aromatic carbocycles. The van der Waals surface area contributed by atoms with Gasteiger partial charge >= 0.3 is 6.16 Å². The van der Waals surface area contributed by atoms with Crippen LogP contribution in [0.4, 0.5) is 14.9 Å². The van der Waals surface area contributed by atoms with Crippen molar-refractivity contribution in [3.63, 3.8) is 0 Å². The van der Waals surface area contributed by atoms with Crippen LogP contribution in [0.25, 0.3) is 10.4 Å². The highest BCUT2D eigenvalue weighted by Gasteiger charge is 2.45. The van der Waals surface area contributed by atoms with Crippen molar-refractivity contribution < 1.29 is 23.8 Å². The molecule has 7 heteroatoms. The number of anilines is 1. The van der Waals surface area contributed by atoms with E-state index in [0.29, 0.717) is 24.4 Å². The second-order valence-corrected chi connectivity index (χ2v) is 8.95. The van der Waals surface area contributed by atoms with Crippen molar-refractivity contribution in [2.45, 2.75) is 58.2 Å². The van der Waals surface area contributed by atoms with Crippen molar-refractivity contribution in [2.75, 3.05) is 4.90 Å². The van der Waals surface area contributed by atoms with Crippen LogP contribution in [-0.4, -0.2) is 28.9 Å². The summed E-state index contributed by atoms with van der Waals surface area (Å²) in [6.07, 6.45) is 0.212. The van der Waals surface area contributed by atoms with Crippen LogP contribution in [0.2, 0.25) is 0 Å². The van der Waals surface area contributed by atoms with Gasteiger partial charge in [-0.05, 0) is 57.1 Å². The Morgan fingerprint density at radius 1 is 1.24 bits per heavy atom. The molecule has 1 amide bonds. The second kappa shape index (κ2) is 8.53. The first-order valence-corrected chi connectivity index (χ1v) is 10.7. The molecule has 0 spiro atoms. The lowest BCUT2D eigenvalue weighted by atomic mass is 9.80. The molecular formula is C22H26FNO4S. The van der Waals surface area contributed by atoms with E-state index in [-0.39, 0.29) is 23.9 Å². The first kappa shape index (κ1) is 21.3. The monoisotopic (exact) mass is 419 g/mol. The number of carbonyl (C=O) groups is 2. The number of benzene rings is 1. The number of hydrogen-bond donors (Lipinski definition) is 1. The van der Waals surface area contributed by atoms with Gasteiger partial charge in [-0.1, -0.05) is 48.6 Å². The van der Waals surface area contributed by atoms with Gasteiger partial charge in [0, 0.05) is 10.9 Å². The molecule has 0 atom stereocenters. The Labute approximate surface area is 174 Å². The smallest absolute Gasteiger partial charge is 0.449 e. The zero-order valence-corrected chi connectivity index (χ0v) is 17.7. The summed E-state index contributed by atoms with van der Waals surface area (Å²) in [5, 5.41) is 9.24. The van der Waals surface area contributed by atoms with E-state index in [2.05, 4.69) is 6.92 Å². The van der Waals surface area contributed by atoms with Crippen LogP contribution in [0.5, 0.6) is 5.06 Å². The predicted octanol–water partition coefficient (Wildman–Crippen LogP) is 6.13. The zero-order valence-electron chi connectivity index (χ0n) is 16.9. The fraction of sp³-hybridized carbons (Fsp3) is 0.455. The van der Waals surface area contributed by atoms with Crippen molar-refractivity contribution in [1.29, 1.82) is 0 Å². The van der Waals surface area contributed by atoms with E-state index in [0.717, 1.165) is 21.8 Å². The van der Waals surface area contributed by atoms with Crippen molar-refractivity contribution in [1.82, 2.24) is 0 Å². The fourth-order valence-corrected chi connectivity index (χ4v) is 4.70. The highest BCUT2D eigenvalue weighted by molar-refractivity contribution is 7.18. The topological polar surface area (TPSA) is 66.8 Å². The third-order valence-corrected chi connectivity index (χ3v) is 6.41. The minimum atomic E-state index is -1.94. The molecule has 1 aliphatic rings. The molecule has 2 aromatic rings.